The number of benzene rings is 1. The average molecular weight is 252 g/mol. The molecule has 0 bridgehead atoms. The maximum atomic E-state index is 12.5. The Kier molecular flexibility index (Phi) is 3.33. The van der Waals surface area contributed by atoms with Gasteiger partial charge in [0.25, 0.3) is 0 Å². The van der Waals surface area contributed by atoms with Crippen molar-refractivity contribution in [1.82, 2.24) is 0 Å². The van der Waals surface area contributed by atoms with Crippen LogP contribution >= 0.6 is 0 Å². The predicted octanol–water partition coefficient (Wildman–Crippen LogP) is 2.36. The molecule has 4 heteroatoms. The van der Waals surface area contributed by atoms with Crippen molar-refractivity contribution < 1.29 is 13.2 Å². The molecule has 0 radical (unpaired) electrons. The van der Waals surface area contributed by atoms with Crippen LogP contribution in [-0.2, 0) is 14.6 Å². The fourth-order valence-corrected chi connectivity index (χ4v) is 4.37. The zero-order valence-corrected chi connectivity index (χ0v) is 10.4. The monoisotopic (exact) mass is 252 g/mol. The van der Waals surface area contributed by atoms with Crippen LogP contribution in [0.1, 0.15) is 32.1 Å². The largest absolute Gasteiger partial charge is 0.302 e. The molecule has 0 aromatic heterocycles. The third kappa shape index (κ3) is 2.02. The zero-order chi connectivity index (χ0) is 12.4. The molecule has 0 saturated heterocycles. The van der Waals surface area contributed by atoms with Crippen LogP contribution in [0, 0.1) is 0 Å². The van der Waals surface area contributed by atoms with Gasteiger partial charge in [-0.25, -0.2) is 8.42 Å². The maximum absolute atomic E-state index is 12.5. The lowest BCUT2D eigenvalue weighted by molar-refractivity contribution is -0.110. The Bertz CT molecular complexity index is 485. The number of carbonyl (C=O) groups excluding carboxylic acids is 1. The van der Waals surface area contributed by atoms with Crippen molar-refractivity contribution in [2.75, 3.05) is 0 Å². The molecule has 92 valence electrons. The van der Waals surface area contributed by atoms with Crippen LogP contribution in [0.4, 0.5) is 0 Å². The highest BCUT2D eigenvalue weighted by Gasteiger charge is 2.45. The quantitative estimate of drug-likeness (QED) is 0.776. The Labute approximate surface area is 102 Å². The van der Waals surface area contributed by atoms with E-state index in [0.717, 1.165) is 19.3 Å². The molecule has 0 aliphatic heterocycles. The molecule has 0 N–H and O–H groups in total. The minimum absolute atomic E-state index is 0.258. The molecule has 2 rings (SSSR count). The first-order chi connectivity index (χ1) is 8.12. The summed E-state index contributed by atoms with van der Waals surface area (Å²) in [4.78, 5) is 11.6. The second kappa shape index (κ2) is 4.61. The second-order valence-corrected chi connectivity index (χ2v) is 6.85. The summed E-state index contributed by atoms with van der Waals surface area (Å²) >= 11 is 0. The van der Waals surface area contributed by atoms with E-state index in [2.05, 4.69) is 0 Å². The molecule has 0 atom stereocenters. The van der Waals surface area contributed by atoms with Gasteiger partial charge in [-0.3, -0.25) is 0 Å². The van der Waals surface area contributed by atoms with Crippen molar-refractivity contribution in [2.45, 2.75) is 41.7 Å². The van der Waals surface area contributed by atoms with Gasteiger partial charge in [0.2, 0.25) is 0 Å². The number of hydrogen-bond donors (Lipinski definition) is 0. The maximum Gasteiger partial charge on any atom is 0.190 e. The third-order valence-corrected chi connectivity index (χ3v) is 5.97. The van der Waals surface area contributed by atoms with Gasteiger partial charge in [0.15, 0.2) is 9.84 Å². The van der Waals surface area contributed by atoms with Crippen LogP contribution in [0.2, 0.25) is 0 Å². The van der Waals surface area contributed by atoms with Gasteiger partial charge in [0, 0.05) is 0 Å². The molecule has 0 spiro atoms. The standard InChI is InChI=1S/C13H16O3S/c14-11-13(9-5-2-6-10-13)17(15,16)12-7-3-1-4-8-12/h1,3-4,7-8,11H,2,5-6,9-10H2. The van der Waals surface area contributed by atoms with E-state index >= 15 is 0 Å². The van der Waals surface area contributed by atoms with Gasteiger partial charge in [-0.1, -0.05) is 37.5 Å². The number of sulfone groups is 1. The van der Waals surface area contributed by atoms with E-state index in [0.29, 0.717) is 19.1 Å². The molecule has 1 aliphatic rings. The summed E-state index contributed by atoms with van der Waals surface area (Å²) in [5, 5.41) is 0. The average Bonchev–Trinajstić information content (AvgIpc) is 2.40. The van der Waals surface area contributed by atoms with Crippen LogP contribution in [0.15, 0.2) is 35.2 Å². The van der Waals surface area contributed by atoms with E-state index in [1.54, 1.807) is 30.3 Å². The minimum atomic E-state index is -3.54. The van der Waals surface area contributed by atoms with Gasteiger partial charge in [-0.2, -0.15) is 0 Å². The molecule has 0 heterocycles. The summed E-state index contributed by atoms with van der Waals surface area (Å²) in [7, 11) is -3.54. The lowest BCUT2D eigenvalue weighted by Crippen LogP contribution is -2.42. The van der Waals surface area contributed by atoms with Gasteiger partial charge in [0.1, 0.15) is 11.0 Å². The summed E-state index contributed by atoms with van der Waals surface area (Å²) in [6, 6.07) is 8.28. The molecule has 1 aliphatic carbocycles. The van der Waals surface area contributed by atoms with Crippen LogP contribution in [0.5, 0.6) is 0 Å². The van der Waals surface area contributed by atoms with E-state index in [1.807, 2.05) is 0 Å². The van der Waals surface area contributed by atoms with Crippen LogP contribution in [-0.4, -0.2) is 19.5 Å². The first-order valence-electron chi connectivity index (χ1n) is 5.88. The minimum Gasteiger partial charge on any atom is -0.302 e. The summed E-state index contributed by atoms with van der Waals surface area (Å²) < 4.78 is 23.8. The smallest absolute Gasteiger partial charge is 0.190 e. The zero-order valence-electron chi connectivity index (χ0n) is 9.63. The molecule has 1 fully saturated rings. The SMILES string of the molecule is O=CC1(S(=O)(=O)c2ccccc2)CCCCC1. The Morgan fingerprint density at radius 3 is 2.12 bits per heavy atom. The van der Waals surface area contributed by atoms with Gasteiger partial charge < -0.3 is 4.79 Å². The molecule has 0 amide bonds. The first kappa shape index (κ1) is 12.3. The van der Waals surface area contributed by atoms with Crippen molar-refractivity contribution in [2.24, 2.45) is 0 Å². The number of rotatable bonds is 3. The second-order valence-electron chi connectivity index (χ2n) is 4.56. The molecule has 0 unspecified atom stereocenters. The topological polar surface area (TPSA) is 51.2 Å². The van der Waals surface area contributed by atoms with Crippen molar-refractivity contribution in [3.05, 3.63) is 30.3 Å². The van der Waals surface area contributed by atoms with Gasteiger partial charge >= 0.3 is 0 Å². The lowest BCUT2D eigenvalue weighted by atomic mass is 9.89. The van der Waals surface area contributed by atoms with Crippen LogP contribution in [0.3, 0.4) is 0 Å². The molecular formula is C13H16O3S. The lowest BCUT2D eigenvalue weighted by Gasteiger charge is -2.31. The highest BCUT2D eigenvalue weighted by Crippen LogP contribution is 2.37. The highest BCUT2D eigenvalue weighted by molar-refractivity contribution is 7.93. The Hall–Kier alpha value is -1.16. The molecule has 3 nitrogen and oxygen atoms in total. The fourth-order valence-electron chi connectivity index (χ4n) is 2.43. The van der Waals surface area contributed by atoms with E-state index < -0.39 is 14.6 Å². The van der Waals surface area contributed by atoms with Crippen LogP contribution in [0.25, 0.3) is 0 Å². The van der Waals surface area contributed by atoms with Crippen molar-refractivity contribution in [1.29, 1.82) is 0 Å². The summed E-state index contributed by atoms with van der Waals surface area (Å²) in [6.45, 7) is 0. The first-order valence-corrected chi connectivity index (χ1v) is 7.37. The van der Waals surface area contributed by atoms with Crippen LogP contribution < -0.4 is 0 Å². The number of carbonyl (C=O) groups is 1. The van der Waals surface area contributed by atoms with E-state index in [4.69, 9.17) is 0 Å². The molecule has 17 heavy (non-hydrogen) atoms. The Morgan fingerprint density at radius 2 is 1.59 bits per heavy atom. The fraction of sp³-hybridized carbons (Fsp3) is 0.462. The summed E-state index contributed by atoms with van der Waals surface area (Å²) in [5.41, 5.74) is 0. The van der Waals surface area contributed by atoms with Crippen molar-refractivity contribution >= 4 is 16.1 Å². The van der Waals surface area contributed by atoms with E-state index in [9.17, 15) is 13.2 Å². The van der Waals surface area contributed by atoms with E-state index in [1.165, 1.54) is 0 Å². The van der Waals surface area contributed by atoms with Gasteiger partial charge in [-0.05, 0) is 25.0 Å². The highest BCUT2D eigenvalue weighted by atomic mass is 32.2. The third-order valence-electron chi connectivity index (χ3n) is 3.50. The molecule has 1 aromatic carbocycles. The Balaban J connectivity index is 2.46. The predicted molar refractivity (Wildman–Crippen MR) is 65.5 cm³/mol. The molecule has 1 saturated carbocycles. The number of aldehydes is 1. The Morgan fingerprint density at radius 1 is 1.00 bits per heavy atom. The summed E-state index contributed by atoms with van der Waals surface area (Å²) in [6.07, 6.45) is 4.19. The van der Waals surface area contributed by atoms with Crippen molar-refractivity contribution in [3.63, 3.8) is 0 Å². The number of hydrogen-bond acceptors (Lipinski definition) is 3. The summed E-state index contributed by atoms with van der Waals surface area (Å²) in [5.74, 6) is 0. The molecular weight excluding hydrogens is 236 g/mol. The van der Waals surface area contributed by atoms with Gasteiger partial charge in [0.05, 0.1) is 4.90 Å². The normalized spacial score (nSPS) is 19.8. The van der Waals surface area contributed by atoms with Gasteiger partial charge in [-0.15, -0.1) is 0 Å². The molecule has 1 aromatic rings. The van der Waals surface area contributed by atoms with E-state index in [-0.39, 0.29) is 4.90 Å². The van der Waals surface area contributed by atoms with Crippen molar-refractivity contribution in [3.8, 4) is 0 Å².